The summed E-state index contributed by atoms with van der Waals surface area (Å²) in [5, 5.41) is 4.49. The molecule has 0 saturated heterocycles. The van der Waals surface area contributed by atoms with Crippen molar-refractivity contribution in [2.24, 2.45) is 0 Å². The van der Waals surface area contributed by atoms with Gasteiger partial charge >= 0.3 is 0 Å². The first-order valence-electron chi connectivity index (χ1n) is 7.55. The van der Waals surface area contributed by atoms with Gasteiger partial charge in [0.2, 0.25) is 0 Å². The smallest absolute Gasteiger partial charge is 0.124 e. The molecule has 124 valence electrons. The molecule has 0 unspecified atom stereocenters. The van der Waals surface area contributed by atoms with Crippen LogP contribution in [0.3, 0.4) is 0 Å². The highest BCUT2D eigenvalue weighted by atomic mass is 35.5. The maximum Gasteiger partial charge on any atom is 0.124 e. The van der Waals surface area contributed by atoms with E-state index in [9.17, 15) is 0 Å². The quantitative estimate of drug-likeness (QED) is 0.662. The number of methoxy groups -OCH3 is 1. The van der Waals surface area contributed by atoms with Crippen molar-refractivity contribution in [3.63, 3.8) is 0 Å². The number of para-hydroxylation sites is 1. The van der Waals surface area contributed by atoms with Gasteiger partial charge in [0, 0.05) is 25.8 Å². The fourth-order valence-electron chi connectivity index (χ4n) is 2.15. The average molecular weight is 354 g/mol. The Hall–Kier alpha value is -1.26. The average Bonchev–Trinajstić information content (AvgIpc) is 2.57. The van der Waals surface area contributed by atoms with Crippen molar-refractivity contribution >= 4 is 23.2 Å². The van der Waals surface area contributed by atoms with Crippen molar-refractivity contribution in [1.82, 2.24) is 5.32 Å². The third kappa shape index (κ3) is 6.04. The number of nitrogens with one attached hydrogen (secondary N) is 1. The van der Waals surface area contributed by atoms with Crippen LogP contribution in [-0.4, -0.2) is 20.3 Å². The summed E-state index contributed by atoms with van der Waals surface area (Å²) >= 11 is 12.0. The molecule has 0 bridgehead atoms. The molecule has 2 aromatic rings. The van der Waals surface area contributed by atoms with Crippen LogP contribution in [0.25, 0.3) is 0 Å². The minimum atomic E-state index is 0.456. The zero-order chi connectivity index (χ0) is 16.5. The largest absolute Gasteiger partial charge is 0.489 e. The van der Waals surface area contributed by atoms with E-state index in [-0.39, 0.29) is 0 Å². The van der Waals surface area contributed by atoms with E-state index in [1.165, 1.54) is 0 Å². The Morgan fingerprint density at radius 1 is 1.04 bits per heavy atom. The molecule has 0 spiro atoms. The van der Waals surface area contributed by atoms with Gasteiger partial charge in [-0.1, -0.05) is 47.5 Å². The number of benzene rings is 2. The molecular weight excluding hydrogens is 333 g/mol. The van der Waals surface area contributed by atoms with E-state index in [1.54, 1.807) is 13.2 Å². The molecule has 5 heteroatoms. The SMILES string of the molecule is COCCCNCc1ccccc1OCc1ccc(Cl)c(Cl)c1. The van der Waals surface area contributed by atoms with Crippen LogP contribution in [0, 0.1) is 0 Å². The summed E-state index contributed by atoms with van der Waals surface area (Å²) in [6.07, 6.45) is 0.989. The molecule has 2 aromatic carbocycles. The molecule has 0 aliphatic heterocycles. The van der Waals surface area contributed by atoms with Crippen molar-refractivity contribution in [2.75, 3.05) is 20.3 Å². The second-order valence-electron chi connectivity index (χ2n) is 5.17. The van der Waals surface area contributed by atoms with Crippen LogP contribution in [0.1, 0.15) is 17.5 Å². The van der Waals surface area contributed by atoms with Crippen molar-refractivity contribution < 1.29 is 9.47 Å². The van der Waals surface area contributed by atoms with E-state index < -0.39 is 0 Å². The molecule has 0 fully saturated rings. The number of hydrogen-bond donors (Lipinski definition) is 1. The second-order valence-corrected chi connectivity index (χ2v) is 5.98. The molecule has 3 nitrogen and oxygen atoms in total. The van der Waals surface area contributed by atoms with Crippen LogP contribution in [0.2, 0.25) is 10.0 Å². The highest BCUT2D eigenvalue weighted by molar-refractivity contribution is 6.42. The minimum absolute atomic E-state index is 0.456. The Labute approximate surface area is 147 Å². The molecule has 0 heterocycles. The molecule has 1 N–H and O–H groups in total. The molecule has 0 aromatic heterocycles. The molecule has 0 saturated carbocycles. The molecule has 0 radical (unpaired) electrons. The molecule has 23 heavy (non-hydrogen) atoms. The van der Waals surface area contributed by atoms with Gasteiger partial charge in [-0.2, -0.15) is 0 Å². The highest BCUT2D eigenvalue weighted by Gasteiger charge is 2.05. The van der Waals surface area contributed by atoms with E-state index >= 15 is 0 Å². The van der Waals surface area contributed by atoms with Crippen molar-refractivity contribution in [2.45, 2.75) is 19.6 Å². The molecular formula is C18H21Cl2NO2. The maximum atomic E-state index is 6.03. The Morgan fingerprint density at radius 2 is 1.87 bits per heavy atom. The molecule has 0 amide bonds. The third-order valence-electron chi connectivity index (χ3n) is 3.37. The first-order chi connectivity index (χ1) is 11.2. The molecule has 0 aliphatic rings. The van der Waals surface area contributed by atoms with Gasteiger partial charge in [0.05, 0.1) is 10.0 Å². The van der Waals surface area contributed by atoms with Crippen LogP contribution in [-0.2, 0) is 17.9 Å². The van der Waals surface area contributed by atoms with E-state index in [1.807, 2.05) is 30.3 Å². The zero-order valence-corrected chi connectivity index (χ0v) is 14.7. The Bertz CT molecular complexity index is 620. The number of halogens is 2. The van der Waals surface area contributed by atoms with Gasteiger partial charge in [-0.3, -0.25) is 0 Å². The van der Waals surface area contributed by atoms with E-state index in [4.69, 9.17) is 32.7 Å². The summed E-state index contributed by atoms with van der Waals surface area (Å²) in [5.41, 5.74) is 2.12. The van der Waals surface area contributed by atoms with E-state index in [0.29, 0.717) is 16.7 Å². The Morgan fingerprint density at radius 3 is 2.65 bits per heavy atom. The monoisotopic (exact) mass is 353 g/mol. The van der Waals surface area contributed by atoms with Crippen LogP contribution >= 0.6 is 23.2 Å². The standard InChI is InChI=1S/C18H21Cl2NO2/c1-22-10-4-9-21-12-15-5-2-3-6-18(15)23-13-14-7-8-16(19)17(20)11-14/h2-3,5-8,11,21H,4,9-10,12-13H2,1H3. The second kappa shape index (κ2) is 9.78. The first-order valence-corrected chi connectivity index (χ1v) is 8.30. The van der Waals surface area contributed by atoms with Gasteiger partial charge in [-0.25, -0.2) is 0 Å². The number of rotatable bonds is 9. The van der Waals surface area contributed by atoms with Crippen LogP contribution in [0.4, 0.5) is 0 Å². The summed E-state index contributed by atoms with van der Waals surface area (Å²) < 4.78 is 11.0. The lowest BCUT2D eigenvalue weighted by Gasteiger charge is -2.12. The van der Waals surface area contributed by atoms with Gasteiger partial charge < -0.3 is 14.8 Å². The van der Waals surface area contributed by atoms with Gasteiger partial charge in [0.1, 0.15) is 12.4 Å². The fraction of sp³-hybridized carbons (Fsp3) is 0.333. The fourth-order valence-corrected chi connectivity index (χ4v) is 2.47. The Kier molecular flexibility index (Phi) is 7.69. The lowest BCUT2D eigenvalue weighted by molar-refractivity contribution is 0.194. The highest BCUT2D eigenvalue weighted by Crippen LogP contribution is 2.24. The normalized spacial score (nSPS) is 10.7. The maximum absolute atomic E-state index is 6.03. The van der Waals surface area contributed by atoms with Crippen LogP contribution in [0.15, 0.2) is 42.5 Å². The zero-order valence-electron chi connectivity index (χ0n) is 13.1. The van der Waals surface area contributed by atoms with Crippen molar-refractivity contribution in [3.8, 4) is 5.75 Å². The lowest BCUT2D eigenvalue weighted by atomic mass is 10.2. The summed E-state index contributed by atoms with van der Waals surface area (Å²) in [4.78, 5) is 0. The topological polar surface area (TPSA) is 30.5 Å². The summed E-state index contributed by atoms with van der Waals surface area (Å²) in [7, 11) is 1.71. The van der Waals surface area contributed by atoms with E-state index in [0.717, 1.165) is 43.0 Å². The van der Waals surface area contributed by atoms with E-state index in [2.05, 4.69) is 11.4 Å². The van der Waals surface area contributed by atoms with Gasteiger partial charge in [-0.15, -0.1) is 0 Å². The van der Waals surface area contributed by atoms with Gasteiger partial charge in [0.15, 0.2) is 0 Å². The first kappa shape index (κ1) is 18.1. The minimum Gasteiger partial charge on any atom is -0.489 e. The third-order valence-corrected chi connectivity index (χ3v) is 4.11. The van der Waals surface area contributed by atoms with Gasteiger partial charge in [0.25, 0.3) is 0 Å². The Balaban J connectivity index is 1.90. The van der Waals surface area contributed by atoms with Gasteiger partial charge in [-0.05, 0) is 36.7 Å². The van der Waals surface area contributed by atoms with Crippen LogP contribution in [0.5, 0.6) is 5.75 Å². The molecule has 0 aliphatic carbocycles. The van der Waals surface area contributed by atoms with Crippen LogP contribution < -0.4 is 10.1 Å². The molecule has 0 atom stereocenters. The predicted molar refractivity (Wildman–Crippen MR) is 95.4 cm³/mol. The van der Waals surface area contributed by atoms with Crippen molar-refractivity contribution in [1.29, 1.82) is 0 Å². The summed E-state index contributed by atoms with van der Waals surface area (Å²) in [5.74, 6) is 0.873. The number of ether oxygens (including phenoxy) is 2. The van der Waals surface area contributed by atoms with Crippen molar-refractivity contribution in [3.05, 3.63) is 63.6 Å². The number of hydrogen-bond acceptors (Lipinski definition) is 3. The summed E-state index contributed by atoms with van der Waals surface area (Å²) in [6, 6.07) is 13.6. The lowest BCUT2D eigenvalue weighted by Crippen LogP contribution is -2.16. The predicted octanol–water partition coefficient (Wildman–Crippen LogP) is 4.70. The molecule has 2 rings (SSSR count). The summed E-state index contributed by atoms with van der Waals surface area (Å²) in [6.45, 7) is 2.90.